The molecule has 2 rings (SSSR count). The van der Waals surface area contributed by atoms with E-state index in [2.05, 4.69) is 18.7 Å². The first-order chi connectivity index (χ1) is 8.99. The molecular weight excluding hydrogens is 242 g/mol. The fourth-order valence-corrected chi connectivity index (χ4v) is 2.86. The highest BCUT2D eigenvalue weighted by Crippen LogP contribution is 2.28. The second-order valence-electron chi connectivity index (χ2n) is 5.56. The van der Waals surface area contributed by atoms with Crippen molar-refractivity contribution in [2.45, 2.75) is 39.3 Å². The smallest absolute Gasteiger partial charge is 0.269 e. The number of hydrogen-bond acceptors (Lipinski definition) is 4. The van der Waals surface area contributed by atoms with Crippen molar-refractivity contribution in [3.8, 4) is 0 Å². The van der Waals surface area contributed by atoms with Crippen LogP contribution in [-0.2, 0) is 6.54 Å². The molecule has 5 heteroatoms. The summed E-state index contributed by atoms with van der Waals surface area (Å²) in [5.74, 6) is 0.599. The second-order valence-corrected chi connectivity index (χ2v) is 5.56. The van der Waals surface area contributed by atoms with Gasteiger partial charge in [0.15, 0.2) is 0 Å². The van der Waals surface area contributed by atoms with Gasteiger partial charge in [0.05, 0.1) is 4.92 Å². The molecule has 2 N–H and O–H groups in total. The zero-order chi connectivity index (χ0) is 14.0. The minimum absolute atomic E-state index is 0.115. The van der Waals surface area contributed by atoms with Gasteiger partial charge in [0, 0.05) is 30.4 Å². The zero-order valence-electron chi connectivity index (χ0n) is 11.5. The van der Waals surface area contributed by atoms with E-state index in [4.69, 9.17) is 5.73 Å². The van der Waals surface area contributed by atoms with Gasteiger partial charge in [0.25, 0.3) is 5.69 Å². The summed E-state index contributed by atoms with van der Waals surface area (Å²) >= 11 is 0. The number of nitrogens with two attached hydrogens (primary N) is 1. The van der Waals surface area contributed by atoms with Gasteiger partial charge in [-0.05, 0) is 36.9 Å². The zero-order valence-corrected chi connectivity index (χ0v) is 11.5. The molecule has 19 heavy (non-hydrogen) atoms. The molecule has 5 nitrogen and oxygen atoms in total. The molecule has 0 amide bonds. The van der Waals surface area contributed by atoms with E-state index < -0.39 is 0 Å². The first-order valence-corrected chi connectivity index (χ1v) is 6.76. The van der Waals surface area contributed by atoms with E-state index in [9.17, 15) is 10.1 Å². The Morgan fingerprint density at radius 1 is 1.53 bits per heavy atom. The monoisotopic (exact) mass is 263 g/mol. The number of likely N-dealkylation sites (tertiary alicyclic amines) is 1. The van der Waals surface area contributed by atoms with Crippen LogP contribution in [0.1, 0.15) is 32.3 Å². The lowest BCUT2D eigenvalue weighted by Gasteiger charge is -2.27. The average Bonchev–Trinajstić information content (AvgIpc) is 2.80. The van der Waals surface area contributed by atoms with Crippen LogP contribution in [0.25, 0.3) is 0 Å². The van der Waals surface area contributed by atoms with Crippen molar-refractivity contribution < 1.29 is 4.92 Å². The van der Waals surface area contributed by atoms with Gasteiger partial charge in [0.2, 0.25) is 0 Å². The molecule has 0 radical (unpaired) electrons. The SMILES string of the molecule is CC(C)C1CCCN1Cc1cc([N+](=O)[O-])ccc1N. The lowest BCUT2D eigenvalue weighted by Crippen LogP contribution is -2.33. The molecule has 1 saturated heterocycles. The second kappa shape index (κ2) is 5.57. The predicted octanol–water partition coefficient (Wildman–Crippen LogP) is 2.80. The number of anilines is 1. The molecule has 104 valence electrons. The normalized spacial score (nSPS) is 20.1. The molecule has 1 unspecified atom stereocenters. The van der Waals surface area contributed by atoms with E-state index in [0.717, 1.165) is 12.1 Å². The van der Waals surface area contributed by atoms with Crippen molar-refractivity contribution in [3.05, 3.63) is 33.9 Å². The van der Waals surface area contributed by atoms with E-state index in [1.807, 2.05) is 0 Å². The summed E-state index contributed by atoms with van der Waals surface area (Å²) in [7, 11) is 0. The number of nitro groups is 1. The summed E-state index contributed by atoms with van der Waals surface area (Å²) in [6.07, 6.45) is 2.39. The molecule has 1 heterocycles. The van der Waals surface area contributed by atoms with E-state index in [-0.39, 0.29) is 10.6 Å². The number of benzene rings is 1. The molecule has 0 spiro atoms. The third-order valence-electron chi connectivity index (χ3n) is 3.89. The van der Waals surface area contributed by atoms with Gasteiger partial charge in [-0.2, -0.15) is 0 Å². The first-order valence-electron chi connectivity index (χ1n) is 6.76. The van der Waals surface area contributed by atoms with Crippen LogP contribution in [0.2, 0.25) is 0 Å². The first kappa shape index (κ1) is 13.8. The van der Waals surface area contributed by atoms with E-state index >= 15 is 0 Å². The molecular formula is C14H21N3O2. The Labute approximate surface area is 113 Å². The van der Waals surface area contributed by atoms with Crippen LogP contribution >= 0.6 is 0 Å². The largest absolute Gasteiger partial charge is 0.398 e. The third kappa shape index (κ3) is 3.04. The van der Waals surface area contributed by atoms with Gasteiger partial charge in [-0.3, -0.25) is 15.0 Å². The lowest BCUT2D eigenvalue weighted by atomic mass is 10.0. The van der Waals surface area contributed by atoms with E-state index in [1.54, 1.807) is 12.1 Å². The highest BCUT2D eigenvalue weighted by atomic mass is 16.6. The standard InChI is InChI=1S/C14H21N3O2/c1-10(2)14-4-3-7-16(14)9-11-8-12(17(18)19)5-6-13(11)15/h5-6,8,10,14H,3-4,7,9,15H2,1-2H3. The number of rotatable bonds is 4. The van der Waals surface area contributed by atoms with Gasteiger partial charge in [0.1, 0.15) is 0 Å². The van der Waals surface area contributed by atoms with Crippen LogP contribution in [0.15, 0.2) is 18.2 Å². The molecule has 0 bridgehead atoms. The lowest BCUT2D eigenvalue weighted by molar-refractivity contribution is -0.384. The maximum absolute atomic E-state index is 10.8. The number of nitrogens with zero attached hydrogens (tertiary/aromatic N) is 2. The molecule has 0 aromatic heterocycles. The van der Waals surface area contributed by atoms with E-state index in [1.165, 1.54) is 18.9 Å². The summed E-state index contributed by atoms with van der Waals surface area (Å²) in [6.45, 7) is 6.20. The Morgan fingerprint density at radius 3 is 2.89 bits per heavy atom. The van der Waals surface area contributed by atoms with Gasteiger partial charge >= 0.3 is 0 Å². The summed E-state index contributed by atoms with van der Waals surface area (Å²) < 4.78 is 0. The molecule has 0 aliphatic carbocycles. The average molecular weight is 263 g/mol. The van der Waals surface area contributed by atoms with Crippen LogP contribution in [0.3, 0.4) is 0 Å². The number of non-ortho nitro benzene ring substituents is 1. The number of hydrogen-bond donors (Lipinski definition) is 1. The molecule has 1 fully saturated rings. The Bertz CT molecular complexity index is 474. The van der Waals surface area contributed by atoms with Crippen molar-refractivity contribution in [1.29, 1.82) is 0 Å². The molecule has 1 aliphatic heterocycles. The summed E-state index contributed by atoms with van der Waals surface area (Å²) in [6, 6.07) is 5.25. The molecule has 1 atom stereocenters. The fourth-order valence-electron chi connectivity index (χ4n) is 2.86. The molecule has 1 aromatic rings. The topological polar surface area (TPSA) is 72.4 Å². The van der Waals surface area contributed by atoms with Crippen molar-refractivity contribution >= 4 is 11.4 Å². The summed E-state index contributed by atoms with van der Waals surface area (Å²) in [4.78, 5) is 12.8. The molecule has 1 aliphatic rings. The Morgan fingerprint density at radius 2 is 2.26 bits per heavy atom. The minimum Gasteiger partial charge on any atom is -0.398 e. The Hall–Kier alpha value is -1.62. The van der Waals surface area contributed by atoms with Crippen LogP contribution in [0.5, 0.6) is 0 Å². The van der Waals surface area contributed by atoms with Crippen LogP contribution in [-0.4, -0.2) is 22.4 Å². The number of nitrogen functional groups attached to an aromatic ring is 1. The van der Waals surface area contributed by atoms with Crippen molar-refractivity contribution in [2.24, 2.45) is 5.92 Å². The van der Waals surface area contributed by atoms with Crippen LogP contribution in [0.4, 0.5) is 11.4 Å². The quantitative estimate of drug-likeness (QED) is 0.515. The minimum atomic E-state index is -0.368. The highest BCUT2D eigenvalue weighted by molar-refractivity contribution is 5.52. The maximum atomic E-state index is 10.8. The molecule has 0 saturated carbocycles. The van der Waals surface area contributed by atoms with E-state index in [0.29, 0.717) is 24.2 Å². The Kier molecular flexibility index (Phi) is 4.04. The predicted molar refractivity (Wildman–Crippen MR) is 75.8 cm³/mol. The van der Waals surface area contributed by atoms with Crippen molar-refractivity contribution in [2.75, 3.05) is 12.3 Å². The van der Waals surface area contributed by atoms with Gasteiger partial charge in [-0.25, -0.2) is 0 Å². The highest BCUT2D eigenvalue weighted by Gasteiger charge is 2.27. The summed E-state index contributed by atoms with van der Waals surface area (Å²) in [5, 5.41) is 10.8. The van der Waals surface area contributed by atoms with Gasteiger partial charge < -0.3 is 5.73 Å². The van der Waals surface area contributed by atoms with Gasteiger partial charge in [-0.1, -0.05) is 13.8 Å². The van der Waals surface area contributed by atoms with Crippen molar-refractivity contribution in [3.63, 3.8) is 0 Å². The fraction of sp³-hybridized carbons (Fsp3) is 0.571. The van der Waals surface area contributed by atoms with Crippen LogP contribution in [0, 0.1) is 16.0 Å². The Balaban J connectivity index is 2.18. The van der Waals surface area contributed by atoms with Gasteiger partial charge in [-0.15, -0.1) is 0 Å². The summed E-state index contributed by atoms with van der Waals surface area (Å²) in [5.41, 5.74) is 7.56. The van der Waals surface area contributed by atoms with Crippen LogP contribution < -0.4 is 5.73 Å². The van der Waals surface area contributed by atoms with Crippen molar-refractivity contribution in [1.82, 2.24) is 4.90 Å². The number of nitro benzene ring substituents is 1. The third-order valence-corrected chi connectivity index (χ3v) is 3.89. The maximum Gasteiger partial charge on any atom is 0.269 e. The molecule has 1 aromatic carbocycles.